The summed E-state index contributed by atoms with van der Waals surface area (Å²) < 4.78 is 6.64. The number of likely N-dealkylation sites (tertiary alicyclic amines) is 1. The number of amides is 1. The molecule has 1 aromatic heterocycles. The second-order valence-electron chi connectivity index (χ2n) is 9.06. The zero-order chi connectivity index (χ0) is 24.6. The summed E-state index contributed by atoms with van der Waals surface area (Å²) in [4.78, 5) is 27.6. The van der Waals surface area contributed by atoms with Gasteiger partial charge in [-0.15, -0.1) is 0 Å². The van der Waals surface area contributed by atoms with E-state index in [1.165, 1.54) is 0 Å². The van der Waals surface area contributed by atoms with Crippen molar-refractivity contribution in [3.63, 3.8) is 0 Å². The van der Waals surface area contributed by atoms with Gasteiger partial charge >= 0.3 is 0 Å². The third kappa shape index (κ3) is 6.69. The molecule has 0 radical (unpaired) electrons. The van der Waals surface area contributed by atoms with Crippen molar-refractivity contribution in [2.45, 2.75) is 44.7 Å². The Bertz CT molecular complexity index is 1200. The minimum atomic E-state index is -0.0567. The molecule has 35 heavy (non-hydrogen) atoms. The fourth-order valence-corrected chi connectivity index (χ4v) is 4.88. The topological polar surface area (TPSA) is 76.5 Å². The summed E-state index contributed by atoms with van der Waals surface area (Å²) in [5.41, 5.74) is 1.93. The molecule has 1 atom stereocenters. The van der Waals surface area contributed by atoms with Crippen LogP contribution in [0.25, 0.3) is 10.8 Å². The van der Waals surface area contributed by atoms with Crippen LogP contribution in [0.5, 0.6) is 0 Å². The van der Waals surface area contributed by atoms with Crippen LogP contribution in [0, 0.1) is 0 Å². The predicted octanol–water partition coefficient (Wildman–Crippen LogP) is 3.65. The second kappa shape index (κ2) is 12.3. The van der Waals surface area contributed by atoms with E-state index in [0.717, 1.165) is 49.0 Å². The highest BCUT2D eigenvalue weighted by Crippen LogP contribution is 2.21. The number of fused-ring (bicyclic) bond motifs is 1. The minimum absolute atomic E-state index is 0.0528. The van der Waals surface area contributed by atoms with Gasteiger partial charge in [-0.25, -0.2) is 4.68 Å². The molecule has 4 rings (SSSR count). The van der Waals surface area contributed by atoms with Gasteiger partial charge in [-0.1, -0.05) is 41.9 Å². The van der Waals surface area contributed by atoms with Gasteiger partial charge in [0.1, 0.15) is 0 Å². The molecule has 3 aromatic rings. The number of hydrogen-bond acceptors (Lipinski definition) is 5. The highest BCUT2D eigenvalue weighted by molar-refractivity contribution is 6.30. The van der Waals surface area contributed by atoms with Crippen molar-refractivity contribution < 1.29 is 9.53 Å². The van der Waals surface area contributed by atoms with Crippen molar-refractivity contribution >= 4 is 28.3 Å². The van der Waals surface area contributed by atoms with Crippen LogP contribution in [0.15, 0.2) is 53.3 Å². The second-order valence-corrected chi connectivity index (χ2v) is 9.50. The first-order chi connectivity index (χ1) is 17.0. The molecule has 8 heteroatoms. The van der Waals surface area contributed by atoms with Crippen LogP contribution in [0.4, 0.5) is 0 Å². The summed E-state index contributed by atoms with van der Waals surface area (Å²) >= 11 is 6.05. The molecule has 0 aliphatic carbocycles. The van der Waals surface area contributed by atoms with Crippen LogP contribution >= 0.6 is 11.6 Å². The molecule has 1 saturated heterocycles. The lowest BCUT2D eigenvalue weighted by molar-refractivity contribution is -0.121. The third-order valence-electron chi connectivity index (χ3n) is 6.59. The van der Waals surface area contributed by atoms with E-state index in [1.807, 2.05) is 48.5 Å². The third-order valence-corrected chi connectivity index (χ3v) is 6.84. The standard InChI is InChI=1S/C27H33ClN4O3/c1-35-17-5-9-26(33)29-14-16-31-15-4-6-22(31)19-32-27(34)24-8-3-2-7-23(24)25(30-32)18-20-10-12-21(28)13-11-20/h2-3,7-8,10-13,22H,4-6,9,14-19H2,1H3,(H,29,33)/t22-/m1/s1. The number of methoxy groups -OCH3 is 1. The number of halogens is 1. The number of rotatable bonds is 11. The Morgan fingerprint density at radius 1 is 1.17 bits per heavy atom. The molecule has 0 unspecified atom stereocenters. The molecule has 1 aliphatic rings. The van der Waals surface area contributed by atoms with Gasteiger partial charge < -0.3 is 10.1 Å². The van der Waals surface area contributed by atoms with E-state index in [0.29, 0.717) is 42.9 Å². The Morgan fingerprint density at radius 2 is 1.94 bits per heavy atom. The molecule has 1 aliphatic heterocycles. The zero-order valence-electron chi connectivity index (χ0n) is 20.2. The summed E-state index contributed by atoms with van der Waals surface area (Å²) in [6.07, 6.45) is 3.91. The van der Waals surface area contributed by atoms with E-state index >= 15 is 0 Å². The number of nitrogens with zero attached hydrogens (tertiary/aromatic N) is 3. The van der Waals surface area contributed by atoms with E-state index in [9.17, 15) is 9.59 Å². The van der Waals surface area contributed by atoms with Gasteiger partial charge in [0, 0.05) is 56.1 Å². The van der Waals surface area contributed by atoms with Crippen LogP contribution in [0.3, 0.4) is 0 Å². The van der Waals surface area contributed by atoms with Crippen molar-refractivity contribution in [2.75, 3.05) is 33.4 Å². The monoisotopic (exact) mass is 496 g/mol. The molecule has 0 bridgehead atoms. The number of benzene rings is 2. The number of aromatic nitrogens is 2. The van der Waals surface area contributed by atoms with E-state index in [4.69, 9.17) is 21.4 Å². The fourth-order valence-electron chi connectivity index (χ4n) is 4.76. The van der Waals surface area contributed by atoms with Crippen LogP contribution < -0.4 is 10.9 Å². The Balaban J connectivity index is 1.47. The normalized spacial score (nSPS) is 16.1. The van der Waals surface area contributed by atoms with Crippen molar-refractivity contribution in [3.05, 3.63) is 75.2 Å². The largest absolute Gasteiger partial charge is 0.385 e. The van der Waals surface area contributed by atoms with Gasteiger partial charge in [-0.3, -0.25) is 14.5 Å². The molecule has 1 fully saturated rings. The van der Waals surface area contributed by atoms with Gasteiger partial charge in [0.2, 0.25) is 5.91 Å². The lowest BCUT2D eigenvalue weighted by Crippen LogP contribution is -2.41. The summed E-state index contributed by atoms with van der Waals surface area (Å²) in [6.45, 7) is 3.46. The zero-order valence-corrected chi connectivity index (χ0v) is 21.0. The molecule has 0 spiro atoms. The maximum absolute atomic E-state index is 13.3. The van der Waals surface area contributed by atoms with E-state index in [-0.39, 0.29) is 17.5 Å². The number of carbonyl (C=O) groups excluding carboxylic acids is 1. The van der Waals surface area contributed by atoms with Gasteiger partial charge in [0.05, 0.1) is 17.6 Å². The first-order valence-corrected chi connectivity index (χ1v) is 12.7. The molecule has 2 heterocycles. The van der Waals surface area contributed by atoms with Crippen LogP contribution in [-0.4, -0.2) is 60.0 Å². The molecule has 2 aromatic carbocycles. The Kier molecular flexibility index (Phi) is 8.90. The molecular formula is C27H33ClN4O3. The first-order valence-electron chi connectivity index (χ1n) is 12.3. The number of hydrogen-bond donors (Lipinski definition) is 1. The van der Waals surface area contributed by atoms with Gasteiger partial charge in [0.15, 0.2) is 0 Å². The van der Waals surface area contributed by atoms with E-state index < -0.39 is 0 Å². The Labute approximate surface area is 211 Å². The molecule has 1 amide bonds. The highest BCUT2D eigenvalue weighted by Gasteiger charge is 2.26. The lowest BCUT2D eigenvalue weighted by atomic mass is 10.0. The van der Waals surface area contributed by atoms with E-state index in [2.05, 4.69) is 10.2 Å². The quantitative estimate of drug-likeness (QED) is 0.410. The summed E-state index contributed by atoms with van der Waals surface area (Å²) in [6, 6.07) is 15.7. The highest BCUT2D eigenvalue weighted by atomic mass is 35.5. The van der Waals surface area contributed by atoms with Crippen LogP contribution in [-0.2, 0) is 22.5 Å². The van der Waals surface area contributed by atoms with Crippen molar-refractivity contribution in [2.24, 2.45) is 0 Å². The van der Waals surface area contributed by atoms with Gasteiger partial charge in [0.25, 0.3) is 5.56 Å². The average molecular weight is 497 g/mol. The molecular weight excluding hydrogens is 464 g/mol. The molecule has 186 valence electrons. The molecule has 7 nitrogen and oxygen atoms in total. The van der Waals surface area contributed by atoms with Gasteiger partial charge in [-0.2, -0.15) is 5.10 Å². The summed E-state index contributed by atoms with van der Waals surface area (Å²) in [5, 5.41) is 10.1. The fraction of sp³-hybridized carbons (Fsp3) is 0.444. The number of nitrogens with one attached hydrogen (secondary N) is 1. The summed E-state index contributed by atoms with van der Waals surface area (Å²) in [5.74, 6) is 0.0528. The van der Waals surface area contributed by atoms with Crippen LogP contribution in [0.1, 0.15) is 36.9 Å². The number of carbonyl (C=O) groups is 1. The van der Waals surface area contributed by atoms with Gasteiger partial charge in [-0.05, 0) is 49.6 Å². The average Bonchev–Trinajstić information content (AvgIpc) is 3.30. The Hall–Kier alpha value is -2.74. The maximum atomic E-state index is 13.3. The SMILES string of the molecule is COCCCC(=O)NCCN1CCC[C@@H]1Cn1nc(Cc2ccc(Cl)cc2)c2ccccc2c1=O. The maximum Gasteiger partial charge on any atom is 0.274 e. The van der Waals surface area contributed by atoms with E-state index in [1.54, 1.807) is 11.8 Å². The lowest BCUT2D eigenvalue weighted by Gasteiger charge is -2.25. The van der Waals surface area contributed by atoms with Crippen molar-refractivity contribution in [3.8, 4) is 0 Å². The minimum Gasteiger partial charge on any atom is -0.385 e. The van der Waals surface area contributed by atoms with Crippen molar-refractivity contribution in [1.82, 2.24) is 20.0 Å². The Morgan fingerprint density at radius 3 is 2.71 bits per heavy atom. The summed E-state index contributed by atoms with van der Waals surface area (Å²) in [7, 11) is 1.64. The first kappa shape index (κ1) is 25.4. The van der Waals surface area contributed by atoms with Crippen LogP contribution in [0.2, 0.25) is 5.02 Å². The van der Waals surface area contributed by atoms with Crippen molar-refractivity contribution in [1.29, 1.82) is 0 Å². The number of ether oxygens (including phenoxy) is 1. The molecule has 0 saturated carbocycles. The molecule has 1 N–H and O–H groups in total. The predicted molar refractivity (Wildman–Crippen MR) is 139 cm³/mol. The smallest absolute Gasteiger partial charge is 0.274 e.